The Hall–Kier alpha value is -2.29. The van der Waals surface area contributed by atoms with Gasteiger partial charge in [0.15, 0.2) is 0 Å². The van der Waals surface area contributed by atoms with Crippen LogP contribution in [0.15, 0.2) is 48.5 Å². The summed E-state index contributed by atoms with van der Waals surface area (Å²) < 4.78 is 10.6. The molecule has 0 spiro atoms. The van der Waals surface area contributed by atoms with Crippen LogP contribution >= 0.6 is 0 Å². The number of hydrogen-bond donors (Lipinski definition) is 0. The van der Waals surface area contributed by atoms with Crippen molar-refractivity contribution in [3.8, 4) is 11.5 Å². The zero-order valence-corrected chi connectivity index (χ0v) is 12.4. The number of benzene rings is 2. The summed E-state index contributed by atoms with van der Waals surface area (Å²) in [6, 6.07) is 15.5. The fraction of sp³-hybridized carbons (Fsp3) is 0.278. The maximum atomic E-state index is 11.4. The van der Waals surface area contributed by atoms with Gasteiger partial charge in [-0.3, -0.25) is 0 Å². The molecule has 0 aliphatic rings. The Morgan fingerprint density at radius 2 is 1.86 bits per heavy atom. The van der Waals surface area contributed by atoms with Crippen LogP contribution in [0.3, 0.4) is 0 Å². The lowest BCUT2D eigenvalue weighted by atomic mass is 9.93. The third-order valence-corrected chi connectivity index (χ3v) is 3.38. The average Bonchev–Trinajstić information content (AvgIpc) is 2.54. The van der Waals surface area contributed by atoms with Gasteiger partial charge in [-0.25, -0.2) is 0 Å². The molecule has 0 aromatic heterocycles. The molecule has 2 aromatic rings. The van der Waals surface area contributed by atoms with Gasteiger partial charge in [0.2, 0.25) is 0 Å². The lowest BCUT2D eigenvalue weighted by Gasteiger charge is -2.12. The number of carbonyl (C=O) groups excluding carboxylic acids is 1. The Kier molecular flexibility index (Phi) is 5.38. The van der Waals surface area contributed by atoms with E-state index in [0.29, 0.717) is 13.0 Å². The summed E-state index contributed by atoms with van der Waals surface area (Å²) in [5, 5.41) is 0. The number of rotatable bonds is 7. The van der Waals surface area contributed by atoms with Crippen LogP contribution in [0.25, 0.3) is 0 Å². The van der Waals surface area contributed by atoms with E-state index >= 15 is 0 Å². The van der Waals surface area contributed by atoms with E-state index in [1.165, 1.54) is 0 Å². The Morgan fingerprint density at radius 3 is 2.48 bits per heavy atom. The molecule has 0 N–H and O–H groups in total. The number of carbonyl (C=O) groups is 1. The Labute approximate surface area is 125 Å². The third kappa shape index (κ3) is 4.09. The summed E-state index contributed by atoms with van der Waals surface area (Å²) in [5.41, 5.74) is 2.08. The monoisotopic (exact) mass is 284 g/mol. The molecule has 110 valence electrons. The highest BCUT2D eigenvalue weighted by atomic mass is 16.5. The van der Waals surface area contributed by atoms with E-state index < -0.39 is 0 Å². The maximum absolute atomic E-state index is 11.4. The van der Waals surface area contributed by atoms with Crippen molar-refractivity contribution in [1.82, 2.24) is 0 Å². The molecule has 3 heteroatoms. The molecule has 0 bridgehead atoms. The largest absolute Gasteiger partial charge is 0.497 e. The first-order chi connectivity index (χ1) is 10.3. The highest BCUT2D eigenvalue weighted by Gasteiger charge is 2.12. The number of ether oxygens (including phenoxy) is 2. The minimum absolute atomic E-state index is 0.168. The van der Waals surface area contributed by atoms with Crippen molar-refractivity contribution in [1.29, 1.82) is 0 Å². The molecule has 1 unspecified atom stereocenters. The van der Waals surface area contributed by atoms with Gasteiger partial charge in [0.05, 0.1) is 13.7 Å². The van der Waals surface area contributed by atoms with E-state index in [0.717, 1.165) is 28.9 Å². The van der Waals surface area contributed by atoms with Crippen molar-refractivity contribution in [2.75, 3.05) is 13.7 Å². The van der Waals surface area contributed by atoms with Gasteiger partial charge < -0.3 is 14.3 Å². The first kappa shape index (κ1) is 15.1. The van der Waals surface area contributed by atoms with E-state index in [9.17, 15) is 4.79 Å². The van der Waals surface area contributed by atoms with Crippen LogP contribution in [0.4, 0.5) is 0 Å². The van der Waals surface area contributed by atoms with Crippen LogP contribution in [0.1, 0.15) is 24.0 Å². The van der Waals surface area contributed by atoms with E-state index in [1.54, 1.807) is 7.11 Å². The molecule has 0 fully saturated rings. The van der Waals surface area contributed by atoms with Crippen molar-refractivity contribution in [2.45, 2.75) is 19.3 Å². The molecule has 2 rings (SSSR count). The summed E-state index contributed by atoms with van der Waals surface area (Å²) >= 11 is 0. The Bertz CT molecular complexity index is 575. The summed E-state index contributed by atoms with van der Waals surface area (Å²) in [6.45, 7) is 2.61. The van der Waals surface area contributed by atoms with Crippen LogP contribution in [0.5, 0.6) is 11.5 Å². The maximum Gasteiger partial charge on any atom is 0.127 e. The minimum atomic E-state index is -0.168. The molecule has 2 aromatic carbocycles. The van der Waals surface area contributed by atoms with E-state index in [-0.39, 0.29) is 5.92 Å². The average molecular weight is 284 g/mol. The second kappa shape index (κ2) is 7.48. The number of hydrogen-bond acceptors (Lipinski definition) is 3. The van der Waals surface area contributed by atoms with Crippen LogP contribution in [0.2, 0.25) is 0 Å². The quantitative estimate of drug-likeness (QED) is 0.728. The van der Waals surface area contributed by atoms with Crippen molar-refractivity contribution in [3.63, 3.8) is 0 Å². The molecule has 0 aliphatic heterocycles. The van der Waals surface area contributed by atoms with E-state index in [4.69, 9.17) is 9.47 Å². The molecule has 0 heterocycles. The topological polar surface area (TPSA) is 35.5 Å². The first-order valence-corrected chi connectivity index (χ1v) is 7.07. The molecular weight excluding hydrogens is 264 g/mol. The molecule has 3 nitrogen and oxygen atoms in total. The van der Waals surface area contributed by atoms with E-state index in [1.807, 2.05) is 55.5 Å². The smallest absolute Gasteiger partial charge is 0.127 e. The SMILES string of the molecule is CCOc1ccc(CC(C=O)c2cccc(OC)c2)cc1. The third-order valence-electron chi connectivity index (χ3n) is 3.38. The molecule has 0 saturated carbocycles. The van der Waals surface area contributed by atoms with Gasteiger partial charge >= 0.3 is 0 Å². The fourth-order valence-corrected chi connectivity index (χ4v) is 2.26. The standard InChI is InChI=1S/C18H20O3/c1-3-21-17-9-7-14(8-10-17)11-16(13-19)15-5-4-6-18(12-15)20-2/h4-10,12-13,16H,3,11H2,1-2H3. The van der Waals surface area contributed by atoms with Gasteiger partial charge in [-0.2, -0.15) is 0 Å². The summed E-state index contributed by atoms with van der Waals surface area (Å²) in [5.74, 6) is 1.45. The molecule has 0 amide bonds. The highest BCUT2D eigenvalue weighted by Crippen LogP contribution is 2.24. The van der Waals surface area contributed by atoms with Crippen LogP contribution in [-0.4, -0.2) is 20.0 Å². The van der Waals surface area contributed by atoms with Crippen molar-refractivity contribution in [2.24, 2.45) is 0 Å². The van der Waals surface area contributed by atoms with Crippen molar-refractivity contribution >= 4 is 6.29 Å². The first-order valence-electron chi connectivity index (χ1n) is 7.07. The van der Waals surface area contributed by atoms with Crippen LogP contribution in [0, 0.1) is 0 Å². The van der Waals surface area contributed by atoms with Gasteiger partial charge in [-0.15, -0.1) is 0 Å². The van der Waals surface area contributed by atoms with E-state index in [2.05, 4.69) is 0 Å². The van der Waals surface area contributed by atoms with Gasteiger partial charge in [-0.05, 0) is 48.7 Å². The molecular formula is C18H20O3. The number of methoxy groups -OCH3 is 1. The Balaban J connectivity index is 2.12. The second-order valence-corrected chi connectivity index (χ2v) is 4.80. The van der Waals surface area contributed by atoms with Crippen LogP contribution < -0.4 is 9.47 Å². The summed E-state index contributed by atoms with van der Waals surface area (Å²) in [6.07, 6.45) is 1.66. The molecule has 21 heavy (non-hydrogen) atoms. The lowest BCUT2D eigenvalue weighted by molar-refractivity contribution is -0.109. The zero-order chi connectivity index (χ0) is 15.1. The number of aldehydes is 1. The van der Waals surface area contributed by atoms with Crippen molar-refractivity contribution in [3.05, 3.63) is 59.7 Å². The predicted octanol–water partition coefficient (Wildman–Crippen LogP) is 3.62. The van der Waals surface area contributed by atoms with Gasteiger partial charge in [0.25, 0.3) is 0 Å². The summed E-state index contributed by atoms with van der Waals surface area (Å²) in [4.78, 5) is 11.4. The molecule has 0 aliphatic carbocycles. The lowest BCUT2D eigenvalue weighted by Crippen LogP contribution is -2.05. The van der Waals surface area contributed by atoms with Gasteiger partial charge in [0.1, 0.15) is 17.8 Å². The fourth-order valence-electron chi connectivity index (χ4n) is 2.26. The molecule has 0 radical (unpaired) electrons. The summed E-state index contributed by atoms with van der Waals surface area (Å²) in [7, 11) is 1.63. The Morgan fingerprint density at radius 1 is 1.10 bits per heavy atom. The van der Waals surface area contributed by atoms with Crippen molar-refractivity contribution < 1.29 is 14.3 Å². The highest BCUT2D eigenvalue weighted by molar-refractivity contribution is 5.63. The van der Waals surface area contributed by atoms with Gasteiger partial charge in [0, 0.05) is 5.92 Å². The molecule has 0 saturated heterocycles. The predicted molar refractivity (Wildman–Crippen MR) is 83.1 cm³/mol. The van der Waals surface area contributed by atoms with Crippen LogP contribution in [-0.2, 0) is 11.2 Å². The minimum Gasteiger partial charge on any atom is -0.497 e. The zero-order valence-electron chi connectivity index (χ0n) is 12.4. The van der Waals surface area contributed by atoms with Gasteiger partial charge in [-0.1, -0.05) is 24.3 Å². The molecule has 1 atom stereocenters. The normalized spacial score (nSPS) is 11.7. The second-order valence-electron chi connectivity index (χ2n) is 4.80.